The number of aromatic nitrogens is 2. The lowest BCUT2D eigenvalue weighted by molar-refractivity contribution is -0.135. The number of carbonyl (C=O) groups is 2. The molecule has 1 fully saturated rings. The van der Waals surface area contributed by atoms with Crippen molar-refractivity contribution in [2.24, 2.45) is 0 Å². The van der Waals surface area contributed by atoms with Crippen LogP contribution in [0.15, 0.2) is 24.3 Å². The first-order chi connectivity index (χ1) is 16.0. The molecule has 1 N–H and O–H groups in total. The van der Waals surface area contributed by atoms with Crippen LogP contribution in [0.3, 0.4) is 0 Å². The Balaban J connectivity index is 1.32. The molecule has 0 aliphatic carbocycles. The van der Waals surface area contributed by atoms with E-state index in [1.807, 2.05) is 36.2 Å². The van der Waals surface area contributed by atoms with Crippen molar-refractivity contribution < 1.29 is 9.59 Å². The molecule has 174 valence electrons. The fourth-order valence-corrected chi connectivity index (χ4v) is 5.30. The number of benzene rings is 1. The summed E-state index contributed by atoms with van der Waals surface area (Å²) in [4.78, 5) is 41.8. The molecule has 0 unspecified atom stereocenters. The lowest BCUT2D eigenvalue weighted by Gasteiger charge is -2.36. The van der Waals surface area contributed by atoms with Crippen LogP contribution >= 0.6 is 0 Å². The topological polar surface area (TPSA) is 81.7 Å². The third-order valence-corrected chi connectivity index (χ3v) is 7.12. The zero-order valence-corrected chi connectivity index (χ0v) is 19.5. The molecular weight excluding hydrogens is 416 g/mol. The molecule has 33 heavy (non-hydrogen) atoms. The molecule has 0 saturated carbocycles. The van der Waals surface area contributed by atoms with Crippen molar-refractivity contribution >= 4 is 17.6 Å². The number of hydrogen-bond acceptors (Lipinski definition) is 6. The molecule has 1 atom stereocenters. The van der Waals surface area contributed by atoms with Crippen molar-refractivity contribution in [3.63, 3.8) is 0 Å². The fourth-order valence-electron chi connectivity index (χ4n) is 5.30. The number of nitrogens with zero attached hydrogens (tertiary/aromatic N) is 5. The van der Waals surface area contributed by atoms with Gasteiger partial charge in [0.05, 0.1) is 11.7 Å². The molecule has 1 aromatic carbocycles. The molecule has 4 heterocycles. The van der Waals surface area contributed by atoms with Gasteiger partial charge in [0, 0.05) is 57.3 Å². The molecular formula is C25H32N6O2. The standard InChI is InChI=1S/C25H32N6O2/c1-26-23-19-10-13-29(2)16-20(19)27-24(28-23)21-9-5-6-12-31(21)22(32)11-14-30-15-17-7-3-4-8-18(17)25(30)33/h3-4,7-8,21H,5-6,9-16H2,1-2H3,(H,26,27,28)/t21-/m0/s1. The van der Waals surface area contributed by atoms with Crippen LogP contribution in [0.1, 0.15) is 64.7 Å². The van der Waals surface area contributed by atoms with Gasteiger partial charge in [0.25, 0.3) is 5.91 Å². The number of anilines is 1. The first kappa shape index (κ1) is 21.8. The molecule has 5 rings (SSSR count). The first-order valence-corrected chi connectivity index (χ1v) is 12.0. The number of hydrogen-bond donors (Lipinski definition) is 1. The molecule has 0 radical (unpaired) electrons. The summed E-state index contributed by atoms with van der Waals surface area (Å²) in [7, 11) is 4.01. The van der Waals surface area contributed by atoms with Gasteiger partial charge in [-0.25, -0.2) is 9.97 Å². The molecule has 8 heteroatoms. The highest BCUT2D eigenvalue weighted by molar-refractivity contribution is 5.98. The van der Waals surface area contributed by atoms with Gasteiger partial charge in [-0.2, -0.15) is 0 Å². The van der Waals surface area contributed by atoms with E-state index in [0.29, 0.717) is 26.1 Å². The number of likely N-dealkylation sites (N-methyl/N-ethyl adjacent to an activating group) is 1. The molecule has 1 saturated heterocycles. The molecule has 8 nitrogen and oxygen atoms in total. The van der Waals surface area contributed by atoms with Gasteiger partial charge in [-0.15, -0.1) is 0 Å². The second-order valence-corrected chi connectivity index (χ2v) is 9.33. The summed E-state index contributed by atoms with van der Waals surface area (Å²) in [5, 5.41) is 3.25. The van der Waals surface area contributed by atoms with E-state index in [1.165, 1.54) is 5.56 Å². The van der Waals surface area contributed by atoms with E-state index in [4.69, 9.17) is 9.97 Å². The lowest BCUT2D eigenvalue weighted by Crippen LogP contribution is -2.41. The predicted octanol–water partition coefficient (Wildman–Crippen LogP) is 2.61. The second kappa shape index (κ2) is 9.09. The van der Waals surface area contributed by atoms with Crippen molar-refractivity contribution in [1.29, 1.82) is 0 Å². The predicted molar refractivity (Wildman–Crippen MR) is 126 cm³/mol. The maximum absolute atomic E-state index is 13.3. The number of fused-ring (bicyclic) bond motifs is 2. The highest BCUT2D eigenvalue weighted by Gasteiger charge is 2.33. The largest absolute Gasteiger partial charge is 0.373 e. The number of nitrogens with one attached hydrogen (secondary N) is 1. The van der Waals surface area contributed by atoms with Gasteiger partial charge in [-0.05, 0) is 44.4 Å². The van der Waals surface area contributed by atoms with Crippen LogP contribution in [0.4, 0.5) is 5.82 Å². The molecule has 0 bridgehead atoms. The Morgan fingerprint density at radius 2 is 2.00 bits per heavy atom. The van der Waals surface area contributed by atoms with Crippen molar-refractivity contribution in [3.8, 4) is 0 Å². The molecule has 3 aliphatic rings. The van der Waals surface area contributed by atoms with Crippen LogP contribution < -0.4 is 5.32 Å². The summed E-state index contributed by atoms with van der Waals surface area (Å²) < 4.78 is 0. The summed E-state index contributed by atoms with van der Waals surface area (Å²) >= 11 is 0. The number of amides is 2. The van der Waals surface area contributed by atoms with Gasteiger partial charge in [0.2, 0.25) is 5.91 Å². The minimum Gasteiger partial charge on any atom is -0.373 e. The average molecular weight is 449 g/mol. The van der Waals surface area contributed by atoms with Gasteiger partial charge in [-0.3, -0.25) is 9.59 Å². The van der Waals surface area contributed by atoms with Crippen molar-refractivity contribution in [2.75, 3.05) is 39.0 Å². The van der Waals surface area contributed by atoms with E-state index in [9.17, 15) is 9.59 Å². The second-order valence-electron chi connectivity index (χ2n) is 9.33. The summed E-state index contributed by atoms with van der Waals surface area (Å²) in [5.74, 6) is 1.73. The number of carbonyl (C=O) groups excluding carboxylic acids is 2. The minimum absolute atomic E-state index is 0.0226. The highest BCUT2D eigenvalue weighted by Crippen LogP contribution is 2.33. The van der Waals surface area contributed by atoms with Crippen molar-refractivity contribution in [1.82, 2.24) is 24.7 Å². The zero-order chi connectivity index (χ0) is 22.9. The zero-order valence-electron chi connectivity index (χ0n) is 19.5. The number of piperidine rings is 1. The van der Waals surface area contributed by atoms with E-state index in [0.717, 1.165) is 67.2 Å². The van der Waals surface area contributed by atoms with Crippen LogP contribution in [0.5, 0.6) is 0 Å². The van der Waals surface area contributed by atoms with Gasteiger partial charge < -0.3 is 20.0 Å². The Bertz CT molecular complexity index is 1070. The highest BCUT2D eigenvalue weighted by atomic mass is 16.2. The third-order valence-electron chi connectivity index (χ3n) is 7.12. The first-order valence-electron chi connectivity index (χ1n) is 12.0. The van der Waals surface area contributed by atoms with Gasteiger partial charge in [0.1, 0.15) is 5.82 Å². The van der Waals surface area contributed by atoms with Crippen LogP contribution in [-0.4, -0.2) is 70.2 Å². The van der Waals surface area contributed by atoms with E-state index in [-0.39, 0.29) is 17.9 Å². The van der Waals surface area contributed by atoms with E-state index in [1.54, 1.807) is 4.90 Å². The maximum atomic E-state index is 13.3. The Morgan fingerprint density at radius 1 is 1.15 bits per heavy atom. The number of rotatable bonds is 5. The van der Waals surface area contributed by atoms with E-state index in [2.05, 4.69) is 17.3 Å². The molecule has 2 amide bonds. The summed E-state index contributed by atoms with van der Waals surface area (Å²) in [6.45, 7) is 3.54. The smallest absolute Gasteiger partial charge is 0.254 e. The Morgan fingerprint density at radius 3 is 2.82 bits per heavy atom. The van der Waals surface area contributed by atoms with Crippen LogP contribution in [0.2, 0.25) is 0 Å². The fraction of sp³-hybridized carbons (Fsp3) is 0.520. The number of likely N-dealkylation sites (tertiary alicyclic amines) is 1. The van der Waals surface area contributed by atoms with Crippen LogP contribution in [0.25, 0.3) is 0 Å². The molecule has 3 aliphatic heterocycles. The SMILES string of the molecule is CNc1nc([C@@H]2CCCCN2C(=O)CCN2Cc3ccccc3C2=O)nc2c1CCN(C)C2. The molecule has 0 spiro atoms. The third kappa shape index (κ3) is 4.19. The van der Waals surface area contributed by atoms with E-state index < -0.39 is 0 Å². The van der Waals surface area contributed by atoms with Gasteiger partial charge in [-0.1, -0.05) is 18.2 Å². The lowest BCUT2D eigenvalue weighted by atomic mass is 9.99. The maximum Gasteiger partial charge on any atom is 0.254 e. The Labute approximate surface area is 195 Å². The summed E-state index contributed by atoms with van der Waals surface area (Å²) in [5.41, 5.74) is 4.06. The normalized spacial score (nSPS) is 20.5. The molecule has 2 aromatic rings. The Hall–Kier alpha value is -3.00. The van der Waals surface area contributed by atoms with Gasteiger partial charge in [0.15, 0.2) is 5.82 Å². The molecule has 1 aromatic heterocycles. The van der Waals surface area contributed by atoms with Crippen molar-refractivity contribution in [2.45, 2.75) is 51.2 Å². The van der Waals surface area contributed by atoms with E-state index >= 15 is 0 Å². The summed E-state index contributed by atoms with van der Waals surface area (Å²) in [6.07, 6.45) is 4.18. The van der Waals surface area contributed by atoms with Crippen molar-refractivity contribution in [3.05, 3.63) is 52.5 Å². The minimum atomic E-state index is -0.109. The van der Waals surface area contributed by atoms with Gasteiger partial charge >= 0.3 is 0 Å². The monoisotopic (exact) mass is 448 g/mol. The van der Waals surface area contributed by atoms with Crippen LogP contribution in [0, 0.1) is 0 Å². The average Bonchev–Trinajstić information content (AvgIpc) is 3.17. The Kier molecular flexibility index (Phi) is 6.01. The summed E-state index contributed by atoms with van der Waals surface area (Å²) in [6, 6.07) is 7.58. The van der Waals surface area contributed by atoms with Crippen LogP contribution in [-0.2, 0) is 24.3 Å². The quantitative estimate of drug-likeness (QED) is 0.757.